The second-order valence-corrected chi connectivity index (χ2v) is 4.92. The maximum atomic E-state index is 11.4. The van der Waals surface area contributed by atoms with Gasteiger partial charge >= 0.3 is 0 Å². The summed E-state index contributed by atoms with van der Waals surface area (Å²) in [6.45, 7) is 3.40. The van der Waals surface area contributed by atoms with Gasteiger partial charge in [0, 0.05) is 25.4 Å². The summed E-state index contributed by atoms with van der Waals surface area (Å²) in [4.78, 5) is 13.6. The predicted octanol–water partition coefficient (Wildman–Crippen LogP) is 3.41. The van der Waals surface area contributed by atoms with Crippen LogP contribution >= 0.6 is 23.2 Å². The molecule has 1 aliphatic rings. The third-order valence-electron chi connectivity index (χ3n) is 2.94. The highest BCUT2D eigenvalue weighted by Gasteiger charge is 2.24. The van der Waals surface area contributed by atoms with Crippen molar-refractivity contribution < 1.29 is 4.79 Å². The molecule has 0 N–H and O–H groups in total. The van der Waals surface area contributed by atoms with Gasteiger partial charge in [0.05, 0.1) is 15.7 Å². The molecule has 0 spiro atoms. The fourth-order valence-corrected chi connectivity index (χ4v) is 2.39. The van der Waals surface area contributed by atoms with Crippen molar-refractivity contribution in [3.05, 3.63) is 28.2 Å². The van der Waals surface area contributed by atoms with E-state index in [1.54, 1.807) is 6.07 Å². The summed E-state index contributed by atoms with van der Waals surface area (Å²) in [5.41, 5.74) is 0.925. The molecule has 2 nitrogen and oxygen atoms in total. The lowest BCUT2D eigenvalue weighted by molar-refractivity contribution is -0.122. The molecule has 86 valence electrons. The van der Waals surface area contributed by atoms with Gasteiger partial charge in [-0.2, -0.15) is 0 Å². The summed E-state index contributed by atoms with van der Waals surface area (Å²) in [7, 11) is 0. The molecule has 1 aromatic rings. The fraction of sp³-hybridized carbons (Fsp3) is 0.417. The lowest BCUT2D eigenvalue weighted by atomic mass is 9.98. The van der Waals surface area contributed by atoms with Crippen LogP contribution in [0.25, 0.3) is 0 Å². The molecule has 1 saturated heterocycles. The molecular formula is C12H13Cl2NO. The van der Waals surface area contributed by atoms with Crippen LogP contribution < -0.4 is 4.90 Å². The van der Waals surface area contributed by atoms with E-state index in [0.717, 1.165) is 18.8 Å². The zero-order chi connectivity index (χ0) is 11.7. The van der Waals surface area contributed by atoms with Crippen LogP contribution in [0.4, 0.5) is 5.69 Å². The van der Waals surface area contributed by atoms with Gasteiger partial charge in [0.1, 0.15) is 5.78 Å². The zero-order valence-corrected chi connectivity index (χ0v) is 10.6. The molecule has 1 atom stereocenters. The number of carbonyl (C=O) groups excluding carboxylic acids is 1. The van der Waals surface area contributed by atoms with Crippen LogP contribution in [0.2, 0.25) is 10.0 Å². The van der Waals surface area contributed by atoms with Crippen LogP contribution in [0.5, 0.6) is 0 Å². The van der Waals surface area contributed by atoms with E-state index in [2.05, 4.69) is 4.90 Å². The van der Waals surface area contributed by atoms with Gasteiger partial charge in [-0.1, -0.05) is 36.2 Å². The molecule has 2 rings (SSSR count). The van der Waals surface area contributed by atoms with Crippen LogP contribution in [-0.2, 0) is 4.79 Å². The number of piperidine rings is 1. The number of hydrogen-bond donors (Lipinski definition) is 0. The number of halogens is 2. The molecule has 1 fully saturated rings. The minimum atomic E-state index is 0.0730. The third kappa shape index (κ3) is 2.18. The molecule has 0 bridgehead atoms. The maximum absolute atomic E-state index is 11.4. The Labute approximate surface area is 105 Å². The molecule has 1 aromatic carbocycles. The second-order valence-electron chi connectivity index (χ2n) is 4.14. The van der Waals surface area contributed by atoms with Crippen molar-refractivity contribution in [2.75, 3.05) is 18.0 Å². The normalized spacial score (nSPS) is 21.3. The Morgan fingerprint density at radius 1 is 1.38 bits per heavy atom. The predicted molar refractivity (Wildman–Crippen MR) is 67.5 cm³/mol. The van der Waals surface area contributed by atoms with E-state index in [0.29, 0.717) is 22.2 Å². The van der Waals surface area contributed by atoms with Crippen molar-refractivity contribution in [3.63, 3.8) is 0 Å². The van der Waals surface area contributed by atoms with E-state index >= 15 is 0 Å². The molecule has 4 heteroatoms. The lowest BCUT2D eigenvalue weighted by Crippen LogP contribution is -2.39. The summed E-state index contributed by atoms with van der Waals surface area (Å²) >= 11 is 12.1. The van der Waals surface area contributed by atoms with E-state index in [4.69, 9.17) is 23.2 Å². The fourth-order valence-electron chi connectivity index (χ4n) is 1.97. The quantitative estimate of drug-likeness (QED) is 0.769. The summed E-state index contributed by atoms with van der Waals surface area (Å²) in [5, 5.41) is 1.13. The van der Waals surface area contributed by atoms with Crippen LogP contribution in [0.1, 0.15) is 13.3 Å². The van der Waals surface area contributed by atoms with E-state index in [1.807, 2.05) is 19.1 Å². The Balaban J connectivity index is 2.25. The summed E-state index contributed by atoms with van der Waals surface area (Å²) in [6, 6.07) is 5.59. The minimum Gasteiger partial charge on any atom is -0.369 e. The SMILES string of the molecule is CC1CN(c2cccc(Cl)c2Cl)CCC1=O. The van der Waals surface area contributed by atoms with E-state index in [-0.39, 0.29) is 5.92 Å². The van der Waals surface area contributed by atoms with Crippen molar-refractivity contribution >= 4 is 34.7 Å². The van der Waals surface area contributed by atoms with Gasteiger partial charge in [-0.25, -0.2) is 0 Å². The average molecular weight is 258 g/mol. The molecule has 0 aromatic heterocycles. The smallest absolute Gasteiger partial charge is 0.139 e. The standard InChI is InChI=1S/C12H13Cl2NO/c1-8-7-15(6-5-11(8)16)10-4-2-3-9(13)12(10)14/h2-4,8H,5-7H2,1H3. The highest BCUT2D eigenvalue weighted by molar-refractivity contribution is 6.43. The van der Waals surface area contributed by atoms with Gasteiger partial charge in [-0.3, -0.25) is 4.79 Å². The zero-order valence-electron chi connectivity index (χ0n) is 9.04. The molecule has 0 aliphatic carbocycles. The molecular weight excluding hydrogens is 245 g/mol. The lowest BCUT2D eigenvalue weighted by Gasteiger charge is -2.32. The summed E-state index contributed by atoms with van der Waals surface area (Å²) in [6.07, 6.45) is 0.587. The highest BCUT2D eigenvalue weighted by Crippen LogP contribution is 2.33. The molecule has 1 heterocycles. The Kier molecular flexibility index (Phi) is 3.41. The molecule has 1 unspecified atom stereocenters. The van der Waals surface area contributed by atoms with Crippen molar-refractivity contribution in [1.82, 2.24) is 0 Å². The van der Waals surface area contributed by atoms with Crippen LogP contribution in [-0.4, -0.2) is 18.9 Å². The Morgan fingerprint density at radius 2 is 2.12 bits per heavy atom. The first kappa shape index (κ1) is 11.7. The number of ketones is 1. The van der Waals surface area contributed by atoms with Crippen molar-refractivity contribution in [2.24, 2.45) is 5.92 Å². The van der Waals surface area contributed by atoms with Gasteiger partial charge in [0.2, 0.25) is 0 Å². The second kappa shape index (κ2) is 4.64. The maximum Gasteiger partial charge on any atom is 0.139 e. The van der Waals surface area contributed by atoms with Crippen molar-refractivity contribution in [2.45, 2.75) is 13.3 Å². The molecule has 1 aliphatic heterocycles. The first-order chi connectivity index (χ1) is 7.59. The number of Topliss-reactive ketones (excluding diaryl/α,β-unsaturated/α-hetero) is 1. The van der Waals surface area contributed by atoms with Crippen LogP contribution in [0, 0.1) is 5.92 Å². The number of rotatable bonds is 1. The minimum absolute atomic E-state index is 0.0730. The van der Waals surface area contributed by atoms with Crippen LogP contribution in [0.15, 0.2) is 18.2 Å². The van der Waals surface area contributed by atoms with Gasteiger partial charge in [0.15, 0.2) is 0 Å². The summed E-state index contributed by atoms with van der Waals surface area (Å²) in [5.74, 6) is 0.401. The molecule has 0 saturated carbocycles. The molecule has 0 amide bonds. The van der Waals surface area contributed by atoms with E-state index < -0.39 is 0 Å². The Morgan fingerprint density at radius 3 is 2.81 bits per heavy atom. The number of nitrogens with zero attached hydrogens (tertiary/aromatic N) is 1. The van der Waals surface area contributed by atoms with E-state index in [1.165, 1.54) is 0 Å². The van der Waals surface area contributed by atoms with Gasteiger partial charge in [0.25, 0.3) is 0 Å². The summed E-state index contributed by atoms with van der Waals surface area (Å²) < 4.78 is 0. The molecule has 16 heavy (non-hydrogen) atoms. The van der Waals surface area contributed by atoms with Gasteiger partial charge in [-0.05, 0) is 12.1 Å². The Hall–Kier alpha value is -0.730. The first-order valence-corrected chi connectivity index (χ1v) is 6.07. The van der Waals surface area contributed by atoms with Crippen molar-refractivity contribution in [3.8, 4) is 0 Å². The number of anilines is 1. The highest BCUT2D eigenvalue weighted by atomic mass is 35.5. The molecule has 0 radical (unpaired) electrons. The number of hydrogen-bond acceptors (Lipinski definition) is 2. The van der Waals surface area contributed by atoms with E-state index in [9.17, 15) is 4.79 Å². The number of benzene rings is 1. The van der Waals surface area contributed by atoms with Gasteiger partial charge in [-0.15, -0.1) is 0 Å². The van der Waals surface area contributed by atoms with Crippen LogP contribution in [0.3, 0.4) is 0 Å². The van der Waals surface area contributed by atoms with Crippen molar-refractivity contribution in [1.29, 1.82) is 0 Å². The largest absolute Gasteiger partial charge is 0.369 e. The average Bonchev–Trinajstić information content (AvgIpc) is 2.26. The third-order valence-corrected chi connectivity index (χ3v) is 3.75. The first-order valence-electron chi connectivity index (χ1n) is 5.31. The Bertz CT molecular complexity index is 419. The number of carbonyl (C=O) groups is 1. The topological polar surface area (TPSA) is 20.3 Å². The van der Waals surface area contributed by atoms with Gasteiger partial charge < -0.3 is 4.90 Å². The monoisotopic (exact) mass is 257 g/mol.